The molecule has 142 valence electrons. The van der Waals surface area contributed by atoms with Gasteiger partial charge in [0.1, 0.15) is 0 Å². The van der Waals surface area contributed by atoms with E-state index in [1.807, 2.05) is 29.3 Å². The maximum atomic E-state index is 11.9. The van der Waals surface area contributed by atoms with Crippen LogP contribution < -0.4 is 16.2 Å². The van der Waals surface area contributed by atoms with Crippen LogP contribution in [0.25, 0.3) is 11.3 Å². The molecule has 1 fully saturated rings. The van der Waals surface area contributed by atoms with Gasteiger partial charge in [0.2, 0.25) is 0 Å². The zero-order valence-electron chi connectivity index (χ0n) is 16.0. The quantitative estimate of drug-likeness (QED) is 0.826. The van der Waals surface area contributed by atoms with Gasteiger partial charge in [0.25, 0.3) is 5.56 Å². The first kappa shape index (κ1) is 17.6. The fourth-order valence-electron chi connectivity index (χ4n) is 3.56. The first-order chi connectivity index (χ1) is 13.1. The molecule has 0 saturated heterocycles. The molecule has 0 amide bonds. The second kappa shape index (κ2) is 7.47. The zero-order valence-corrected chi connectivity index (χ0v) is 16.0. The molecule has 1 aliphatic carbocycles. The van der Waals surface area contributed by atoms with Crippen molar-refractivity contribution in [2.24, 2.45) is 0 Å². The SMILES string of the molecule is CCCn1cc(-n2cc(C3=C(C)C=C(NC4CCC4)NC3)cn2)ccc1=O. The van der Waals surface area contributed by atoms with E-state index in [2.05, 4.69) is 35.7 Å². The average Bonchev–Trinajstić information content (AvgIpc) is 3.10. The lowest BCUT2D eigenvalue weighted by atomic mass is 9.93. The molecular formula is C21H27N5O. The molecule has 4 rings (SSSR count). The third kappa shape index (κ3) is 3.70. The van der Waals surface area contributed by atoms with Crippen molar-refractivity contribution in [1.82, 2.24) is 25.0 Å². The summed E-state index contributed by atoms with van der Waals surface area (Å²) in [6.07, 6.45) is 12.8. The maximum absolute atomic E-state index is 11.9. The van der Waals surface area contributed by atoms with Gasteiger partial charge in [-0.1, -0.05) is 6.92 Å². The van der Waals surface area contributed by atoms with Crippen LogP contribution in [0.15, 0.2) is 53.0 Å². The highest BCUT2D eigenvalue weighted by molar-refractivity contribution is 5.72. The van der Waals surface area contributed by atoms with Crippen molar-refractivity contribution in [3.8, 4) is 5.69 Å². The second-order valence-corrected chi connectivity index (χ2v) is 7.44. The van der Waals surface area contributed by atoms with Crippen LogP contribution >= 0.6 is 0 Å². The summed E-state index contributed by atoms with van der Waals surface area (Å²) >= 11 is 0. The van der Waals surface area contributed by atoms with Crippen LogP contribution in [0.1, 0.15) is 45.1 Å². The average molecular weight is 365 g/mol. The summed E-state index contributed by atoms with van der Waals surface area (Å²) < 4.78 is 3.58. The number of dihydropyridines is 1. The van der Waals surface area contributed by atoms with Crippen molar-refractivity contribution in [3.63, 3.8) is 0 Å². The molecule has 0 radical (unpaired) electrons. The summed E-state index contributed by atoms with van der Waals surface area (Å²) in [5.74, 6) is 1.12. The van der Waals surface area contributed by atoms with E-state index in [-0.39, 0.29) is 5.56 Å². The molecule has 1 saturated carbocycles. The Morgan fingerprint density at radius 2 is 2.15 bits per heavy atom. The number of rotatable bonds is 6. The molecule has 3 heterocycles. The van der Waals surface area contributed by atoms with Crippen molar-refractivity contribution in [2.75, 3.05) is 6.54 Å². The summed E-state index contributed by atoms with van der Waals surface area (Å²) in [6, 6.07) is 4.06. The van der Waals surface area contributed by atoms with E-state index in [0.29, 0.717) is 6.04 Å². The van der Waals surface area contributed by atoms with E-state index >= 15 is 0 Å². The van der Waals surface area contributed by atoms with E-state index in [0.717, 1.165) is 36.6 Å². The molecule has 0 unspecified atom stereocenters. The predicted octanol–water partition coefficient (Wildman–Crippen LogP) is 2.80. The minimum Gasteiger partial charge on any atom is -0.369 e. The summed E-state index contributed by atoms with van der Waals surface area (Å²) in [7, 11) is 0. The molecule has 6 nitrogen and oxygen atoms in total. The Bertz CT molecular complexity index is 945. The van der Waals surface area contributed by atoms with Gasteiger partial charge >= 0.3 is 0 Å². The lowest BCUT2D eigenvalue weighted by Crippen LogP contribution is -2.40. The fraction of sp³-hybridized carbons (Fsp3) is 0.429. The van der Waals surface area contributed by atoms with Gasteiger partial charge in [-0.15, -0.1) is 0 Å². The standard InChI is InChI=1S/C21H27N5O/c1-3-9-25-14-18(7-8-21(25)27)26-13-16(11-23-26)19-12-22-20(10-15(19)2)24-17-5-4-6-17/h7-8,10-11,13-14,17,22,24H,3-6,9,12H2,1-2H3. The molecule has 0 spiro atoms. The molecule has 27 heavy (non-hydrogen) atoms. The van der Waals surface area contributed by atoms with Gasteiger partial charge in [-0.05, 0) is 55.9 Å². The normalized spacial score (nSPS) is 17.3. The summed E-state index contributed by atoms with van der Waals surface area (Å²) in [5, 5.41) is 11.6. The molecule has 2 aromatic heterocycles. The summed E-state index contributed by atoms with van der Waals surface area (Å²) in [5.41, 5.74) is 4.54. The first-order valence-electron chi connectivity index (χ1n) is 9.82. The van der Waals surface area contributed by atoms with Gasteiger partial charge in [-0.25, -0.2) is 4.68 Å². The lowest BCUT2D eigenvalue weighted by Gasteiger charge is -2.31. The zero-order chi connectivity index (χ0) is 18.8. The maximum Gasteiger partial charge on any atom is 0.250 e. The second-order valence-electron chi connectivity index (χ2n) is 7.44. The number of aryl methyl sites for hydroxylation is 1. The topological polar surface area (TPSA) is 63.9 Å². The number of nitrogens with zero attached hydrogens (tertiary/aromatic N) is 3. The van der Waals surface area contributed by atoms with E-state index in [1.54, 1.807) is 10.6 Å². The lowest BCUT2D eigenvalue weighted by molar-refractivity contribution is 0.357. The summed E-state index contributed by atoms with van der Waals surface area (Å²) in [4.78, 5) is 11.9. The van der Waals surface area contributed by atoms with Crippen molar-refractivity contribution in [3.05, 3.63) is 64.1 Å². The van der Waals surface area contributed by atoms with Gasteiger partial charge in [0.15, 0.2) is 0 Å². The Kier molecular flexibility index (Phi) is 4.88. The molecule has 1 aliphatic heterocycles. The van der Waals surface area contributed by atoms with Crippen LogP contribution in [-0.2, 0) is 6.54 Å². The van der Waals surface area contributed by atoms with Gasteiger partial charge in [0.05, 0.1) is 17.7 Å². The molecule has 0 atom stereocenters. The largest absolute Gasteiger partial charge is 0.369 e. The van der Waals surface area contributed by atoms with Gasteiger partial charge < -0.3 is 15.2 Å². The number of pyridine rings is 1. The van der Waals surface area contributed by atoms with Crippen LogP contribution in [0.2, 0.25) is 0 Å². The molecule has 0 bridgehead atoms. The number of hydrogen-bond donors (Lipinski definition) is 2. The van der Waals surface area contributed by atoms with E-state index in [9.17, 15) is 4.79 Å². The van der Waals surface area contributed by atoms with E-state index in [4.69, 9.17) is 0 Å². The number of aromatic nitrogens is 3. The van der Waals surface area contributed by atoms with Crippen molar-refractivity contribution < 1.29 is 0 Å². The van der Waals surface area contributed by atoms with E-state index < -0.39 is 0 Å². The molecule has 6 heteroatoms. The highest BCUT2D eigenvalue weighted by Gasteiger charge is 2.20. The monoisotopic (exact) mass is 365 g/mol. The predicted molar refractivity (Wildman–Crippen MR) is 108 cm³/mol. The highest BCUT2D eigenvalue weighted by Crippen LogP contribution is 2.25. The molecule has 2 aromatic rings. The molecular weight excluding hydrogens is 338 g/mol. The van der Waals surface area contributed by atoms with Crippen LogP contribution in [0.4, 0.5) is 0 Å². The molecule has 2 N–H and O–H groups in total. The Morgan fingerprint density at radius 1 is 1.30 bits per heavy atom. The smallest absolute Gasteiger partial charge is 0.250 e. The van der Waals surface area contributed by atoms with E-state index in [1.165, 1.54) is 30.4 Å². The number of nitrogens with one attached hydrogen (secondary N) is 2. The third-order valence-corrected chi connectivity index (χ3v) is 5.39. The number of hydrogen-bond acceptors (Lipinski definition) is 4. The Balaban J connectivity index is 1.56. The fourth-order valence-corrected chi connectivity index (χ4v) is 3.56. The van der Waals surface area contributed by atoms with Crippen LogP contribution in [-0.4, -0.2) is 26.9 Å². The highest BCUT2D eigenvalue weighted by atomic mass is 16.1. The number of allylic oxidation sites excluding steroid dienone is 2. The van der Waals surface area contributed by atoms with Crippen LogP contribution in [0.3, 0.4) is 0 Å². The Hall–Kier alpha value is -2.76. The van der Waals surface area contributed by atoms with Crippen molar-refractivity contribution in [2.45, 2.75) is 52.1 Å². The molecule has 2 aliphatic rings. The minimum atomic E-state index is 0.0274. The van der Waals surface area contributed by atoms with Crippen LogP contribution in [0, 0.1) is 0 Å². The molecule has 0 aromatic carbocycles. The van der Waals surface area contributed by atoms with Crippen molar-refractivity contribution in [1.29, 1.82) is 0 Å². The van der Waals surface area contributed by atoms with Crippen molar-refractivity contribution >= 4 is 5.57 Å². The van der Waals surface area contributed by atoms with Gasteiger partial charge in [-0.2, -0.15) is 5.10 Å². The van der Waals surface area contributed by atoms with Crippen LogP contribution in [0.5, 0.6) is 0 Å². The minimum absolute atomic E-state index is 0.0274. The third-order valence-electron chi connectivity index (χ3n) is 5.39. The van der Waals surface area contributed by atoms with Gasteiger partial charge in [0, 0.05) is 43.2 Å². The Morgan fingerprint density at radius 3 is 2.85 bits per heavy atom. The Labute approximate surface area is 159 Å². The van der Waals surface area contributed by atoms with Gasteiger partial charge in [-0.3, -0.25) is 4.79 Å². The first-order valence-corrected chi connectivity index (χ1v) is 9.82. The summed E-state index contributed by atoms with van der Waals surface area (Å²) in [6.45, 7) is 5.73.